The van der Waals surface area contributed by atoms with Crippen LogP contribution in [0.4, 0.5) is 0 Å². The van der Waals surface area contributed by atoms with Gasteiger partial charge in [-0.15, -0.1) is 0 Å². The van der Waals surface area contributed by atoms with Crippen LogP contribution in [-0.4, -0.2) is 33.1 Å². The van der Waals surface area contributed by atoms with Crippen LogP contribution in [0, 0.1) is 28.6 Å². The maximum absolute atomic E-state index is 11.9. The Labute approximate surface area is 169 Å². The molecule has 0 heterocycles. The number of aliphatic hydroxyl groups is 1. The van der Waals surface area contributed by atoms with E-state index in [1.165, 1.54) is 0 Å². The molecule has 8 heteroatoms. The van der Waals surface area contributed by atoms with Crippen molar-refractivity contribution in [3.8, 4) is 0 Å². The van der Waals surface area contributed by atoms with E-state index >= 15 is 0 Å². The second-order valence-electron chi connectivity index (χ2n) is 9.29. The highest BCUT2D eigenvalue weighted by molar-refractivity contribution is 7.46. The average Bonchev–Trinajstić information content (AvgIpc) is 2.95. The molecule has 3 saturated carbocycles. The maximum Gasteiger partial charge on any atom is 0.524 e. The maximum atomic E-state index is 11.9. The topological polar surface area (TPSA) is 121 Å². The molecule has 6 atom stereocenters. The number of ketones is 1. The van der Waals surface area contributed by atoms with Gasteiger partial charge in [-0.05, 0) is 67.1 Å². The first kappa shape index (κ1) is 20.7. The van der Waals surface area contributed by atoms with E-state index in [-0.39, 0.29) is 34.7 Å². The molecule has 0 aromatic rings. The number of fused-ring (bicyclic) bond motifs is 5. The number of aldehydes is 1. The van der Waals surface area contributed by atoms with Crippen molar-refractivity contribution in [1.82, 2.24) is 0 Å². The number of carbonyl (C=O) groups is 2. The summed E-state index contributed by atoms with van der Waals surface area (Å²) in [4.78, 5) is 41.8. The molecule has 3 fully saturated rings. The number of phosphoric acid groups is 1. The smallest absolute Gasteiger partial charge is 0.401 e. The highest BCUT2D eigenvalue weighted by Crippen LogP contribution is 2.66. The Hall–Kier alpha value is -1.53. The number of rotatable bonds is 3. The first-order valence-electron chi connectivity index (χ1n) is 10.1. The fraction of sp³-hybridized carbons (Fsp3) is 0.619. The van der Waals surface area contributed by atoms with Gasteiger partial charge in [0.25, 0.3) is 0 Å². The highest BCUT2D eigenvalue weighted by Gasteiger charge is 2.61. The molecule has 4 aliphatic carbocycles. The van der Waals surface area contributed by atoms with E-state index in [1.54, 1.807) is 12.2 Å². The molecule has 158 valence electrons. The van der Waals surface area contributed by atoms with Gasteiger partial charge in [0.1, 0.15) is 0 Å². The molecule has 0 unspecified atom stereocenters. The molecule has 0 bridgehead atoms. The highest BCUT2D eigenvalue weighted by atomic mass is 31.2. The Morgan fingerprint density at radius 3 is 2.66 bits per heavy atom. The lowest BCUT2D eigenvalue weighted by molar-refractivity contribution is -0.112. The van der Waals surface area contributed by atoms with Crippen LogP contribution in [0.1, 0.15) is 46.0 Å². The Morgan fingerprint density at radius 2 is 2.00 bits per heavy atom. The van der Waals surface area contributed by atoms with Gasteiger partial charge in [0.05, 0.1) is 6.10 Å². The second kappa shape index (κ2) is 6.74. The van der Waals surface area contributed by atoms with E-state index in [0.29, 0.717) is 24.7 Å². The van der Waals surface area contributed by atoms with Crippen LogP contribution in [0.5, 0.6) is 0 Å². The van der Waals surface area contributed by atoms with Crippen LogP contribution < -0.4 is 0 Å². The summed E-state index contributed by atoms with van der Waals surface area (Å²) in [6.45, 7) is 4.06. The van der Waals surface area contributed by atoms with E-state index < -0.39 is 19.3 Å². The third kappa shape index (κ3) is 3.19. The lowest BCUT2D eigenvalue weighted by Crippen LogP contribution is -2.55. The molecule has 0 saturated heterocycles. The van der Waals surface area contributed by atoms with E-state index in [0.717, 1.165) is 24.8 Å². The number of aliphatic hydroxyl groups excluding tert-OH is 1. The van der Waals surface area contributed by atoms with Crippen LogP contribution in [0.25, 0.3) is 0 Å². The molecule has 0 spiro atoms. The molecular formula is C21H27O7P. The number of hydrogen-bond donors (Lipinski definition) is 3. The fourth-order valence-electron chi connectivity index (χ4n) is 6.82. The molecule has 3 N–H and O–H groups in total. The molecule has 4 aliphatic rings. The van der Waals surface area contributed by atoms with Crippen LogP contribution in [-0.2, 0) is 18.7 Å². The van der Waals surface area contributed by atoms with Crippen molar-refractivity contribution in [2.45, 2.75) is 52.1 Å². The molecule has 29 heavy (non-hydrogen) atoms. The first-order chi connectivity index (χ1) is 13.5. The van der Waals surface area contributed by atoms with Crippen LogP contribution >= 0.6 is 7.82 Å². The van der Waals surface area contributed by atoms with E-state index in [1.807, 2.05) is 13.0 Å². The molecule has 0 aromatic carbocycles. The van der Waals surface area contributed by atoms with Crippen molar-refractivity contribution in [3.05, 3.63) is 35.1 Å². The third-order valence-corrected chi connectivity index (χ3v) is 8.34. The lowest BCUT2D eigenvalue weighted by atomic mass is 9.47. The van der Waals surface area contributed by atoms with Gasteiger partial charge in [0, 0.05) is 11.3 Å². The van der Waals surface area contributed by atoms with Gasteiger partial charge in [-0.3, -0.25) is 19.4 Å². The summed E-state index contributed by atoms with van der Waals surface area (Å²) in [5.41, 5.74) is 0.734. The quantitative estimate of drug-likeness (QED) is 0.277. The van der Waals surface area contributed by atoms with Crippen molar-refractivity contribution in [1.29, 1.82) is 0 Å². The number of allylic oxidation sites excluding steroid dienone is 6. The van der Waals surface area contributed by atoms with Gasteiger partial charge in [0.2, 0.25) is 0 Å². The number of phosphoric ester groups is 1. The summed E-state index contributed by atoms with van der Waals surface area (Å²) in [6, 6.07) is 0. The summed E-state index contributed by atoms with van der Waals surface area (Å²) in [6.07, 6.45) is 8.24. The van der Waals surface area contributed by atoms with Crippen molar-refractivity contribution in [2.24, 2.45) is 28.6 Å². The summed E-state index contributed by atoms with van der Waals surface area (Å²) < 4.78 is 16.0. The SMILES string of the molecule is C[C@]12C=CC(=O)C=C1CC[C@@H]1[C@@H]2[C@@H](O)C[C@]2(C)C(=C(C=O)OP(=O)(O)O)CC[C@@H]12. The zero-order valence-corrected chi connectivity index (χ0v) is 17.5. The van der Waals surface area contributed by atoms with Gasteiger partial charge in [-0.25, -0.2) is 4.57 Å². The predicted molar refractivity (Wildman–Crippen MR) is 104 cm³/mol. The van der Waals surface area contributed by atoms with E-state index in [2.05, 4.69) is 6.92 Å². The minimum Gasteiger partial charge on any atom is -0.401 e. The van der Waals surface area contributed by atoms with Gasteiger partial charge < -0.3 is 9.63 Å². The summed E-state index contributed by atoms with van der Waals surface area (Å²) in [7, 11) is -4.85. The van der Waals surface area contributed by atoms with Gasteiger partial charge >= 0.3 is 7.82 Å². The largest absolute Gasteiger partial charge is 0.524 e. The average molecular weight is 422 g/mol. The molecule has 0 amide bonds. The van der Waals surface area contributed by atoms with E-state index in [4.69, 9.17) is 4.52 Å². The normalized spacial score (nSPS) is 43.1. The molecule has 0 aliphatic heterocycles. The zero-order valence-electron chi connectivity index (χ0n) is 16.6. The molecular weight excluding hydrogens is 395 g/mol. The molecule has 0 radical (unpaired) electrons. The summed E-state index contributed by atoms with van der Waals surface area (Å²) in [5.74, 6) is 0.0172. The summed E-state index contributed by atoms with van der Waals surface area (Å²) >= 11 is 0. The standard InChI is InChI=1S/C21H27O7P/c1-20-8-7-13(23)9-12(20)3-4-14-15-5-6-16(18(11-22)28-29(25,26)27)21(15,2)10-17(24)19(14)20/h7-9,11,14-15,17,19,24H,3-6,10H2,1-2H3,(H2,25,26,27)/t14-,15-,17-,19+,20-,21-/m0/s1. The number of carbonyl (C=O) groups excluding carboxylic acids is 2. The van der Waals surface area contributed by atoms with Gasteiger partial charge in [0.15, 0.2) is 17.8 Å². The molecule has 0 aromatic heterocycles. The Balaban J connectivity index is 1.74. The Bertz CT molecular complexity index is 897. The minimum absolute atomic E-state index is 0.0117. The third-order valence-electron chi connectivity index (χ3n) is 7.90. The molecule has 4 rings (SSSR count). The van der Waals surface area contributed by atoms with Gasteiger partial charge in [-0.1, -0.05) is 25.5 Å². The second-order valence-corrected chi connectivity index (χ2v) is 10.5. The lowest BCUT2D eigenvalue weighted by Gasteiger charge is -2.58. The van der Waals surface area contributed by atoms with E-state index in [9.17, 15) is 29.0 Å². The van der Waals surface area contributed by atoms with Crippen LogP contribution in [0.3, 0.4) is 0 Å². The fourth-order valence-corrected chi connectivity index (χ4v) is 7.23. The minimum atomic E-state index is -4.85. The van der Waals surface area contributed by atoms with Crippen molar-refractivity contribution < 1.29 is 33.6 Å². The van der Waals surface area contributed by atoms with Crippen LogP contribution in [0.15, 0.2) is 35.1 Å². The Kier molecular flexibility index (Phi) is 4.82. The van der Waals surface area contributed by atoms with Crippen molar-refractivity contribution in [2.75, 3.05) is 0 Å². The van der Waals surface area contributed by atoms with Crippen LogP contribution in [0.2, 0.25) is 0 Å². The Morgan fingerprint density at radius 1 is 1.28 bits per heavy atom. The molecule has 7 nitrogen and oxygen atoms in total. The van der Waals surface area contributed by atoms with Gasteiger partial charge in [-0.2, -0.15) is 0 Å². The zero-order chi connectivity index (χ0) is 21.2. The van der Waals surface area contributed by atoms with Crippen molar-refractivity contribution in [3.63, 3.8) is 0 Å². The number of hydrogen-bond acceptors (Lipinski definition) is 5. The first-order valence-corrected chi connectivity index (χ1v) is 11.6. The monoisotopic (exact) mass is 422 g/mol. The van der Waals surface area contributed by atoms with Crippen molar-refractivity contribution >= 4 is 19.9 Å². The summed E-state index contributed by atoms with van der Waals surface area (Å²) in [5, 5.41) is 11.2. The predicted octanol–water partition coefficient (Wildman–Crippen LogP) is 2.83.